The molecule has 0 amide bonds. The number of aliphatic hydroxyl groups is 1. The van der Waals surface area contributed by atoms with Crippen LogP contribution < -0.4 is 0 Å². The molecular formula is C24H20BrF3N2O3S2. The summed E-state index contributed by atoms with van der Waals surface area (Å²) in [4.78, 5) is 1.47. The molecule has 0 atom stereocenters. The van der Waals surface area contributed by atoms with Gasteiger partial charge >= 0.3 is 6.18 Å². The van der Waals surface area contributed by atoms with Gasteiger partial charge in [0.25, 0.3) is 0 Å². The summed E-state index contributed by atoms with van der Waals surface area (Å²) >= 11 is 4.72. The van der Waals surface area contributed by atoms with Crippen LogP contribution >= 0.6 is 27.3 Å². The van der Waals surface area contributed by atoms with Crippen LogP contribution in [0.4, 0.5) is 13.2 Å². The standard InChI is InChI=1S/C24H20BrF3N2O3S2/c1-23(2,31)22-20(25)21(30(29-22)17-10-5-4-9-16(17)24(26,27)28)19-12-11-18(34-19)14-7-6-8-15(13-14)35(3,32)33/h4-13,31H,1-3H3. The first-order valence-electron chi connectivity index (χ1n) is 10.3. The van der Waals surface area contributed by atoms with Crippen LogP contribution in [0.5, 0.6) is 0 Å². The Balaban J connectivity index is 1.94. The molecule has 184 valence electrons. The van der Waals surface area contributed by atoms with Crippen molar-refractivity contribution in [2.45, 2.75) is 30.5 Å². The highest BCUT2D eigenvalue weighted by molar-refractivity contribution is 9.10. The molecule has 5 nitrogen and oxygen atoms in total. The quantitative estimate of drug-likeness (QED) is 0.284. The summed E-state index contributed by atoms with van der Waals surface area (Å²) in [5, 5.41) is 15.0. The van der Waals surface area contributed by atoms with Crippen molar-refractivity contribution in [3.8, 4) is 26.7 Å². The number of aromatic nitrogens is 2. The molecule has 35 heavy (non-hydrogen) atoms. The Hall–Kier alpha value is -2.47. The number of sulfone groups is 1. The van der Waals surface area contributed by atoms with Crippen molar-refractivity contribution >= 4 is 37.1 Å². The molecular weight excluding hydrogens is 565 g/mol. The first kappa shape index (κ1) is 25.6. The fourth-order valence-corrected chi connectivity index (χ4v) is 6.36. The monoisotopic (exact) mass is 584 g/mol. The van der Waals surface area contributed by atoms with Crippen molar-refractivity contribution in [3.05, 3.63) is 76.4 Å². The zero-order chi connectivity index (χ0) is 25.8. The van der Waals surface area contributed by atoms with Crippen LogP contribution in [0, 0.1) is 0 Å². The molecule has 0 bridgehead atoms. The van der Waals surface area contributed by atoms with Gasteiger partial charge in [-0.25, -0.2) is 13.1 Å². The lowest BCUT2D eigenvalue weighted by Crippen LogP contribution is -2.18. The summed E-state index contributed by atoms with van der Waals surface area (Å²) in [6, 6.07) is 15.1. The van der Waals surface area contributed by atoms with E-state index in [1.165, 1.54) is 54.1 Å². The molecule has 0 spiro atoms. The third kappa shape index (κ3) is 5.09. The van der Waals surface area contributed by atoms with Gasteiger partial charge in [0, 0.05) is 11.1 Å². The van der Waals surface area contributed by atoms with E-state index in [9.17, 15) is 26.7 Å². The maximum absolute atomic E-state index is 13.8. The van der Waals surface area contributed by atoms with Gasteiger partial charge in [-0.3, -0.25) is 0 Å². The van der Waals surface area contributed by atoms with Gasteiger partial charge in [-0.05, 0) is 71.7 Å². The molecule has 0 saturated carbocycles. The number of nitrogens with zero attached hydrogens (tertiary/aromatic N) is 2. The number of benzene rings is 2. The number of rotatable bonds is 5. The van der Waals surface area contributed by atoms with Crippen LogP contribution in [-0.4, -0.2) is 29.6 Å². The highest BCUT2D eigenvalue weighted by Crippen LogP contribution is 2.44. The Morgan fingerprint density at radius 2 is 1.66 bits per heavy atom. The lowest BCUT2D eigenvalue weighted by molar-refractivity contribution is -0.137. The van der Waals surface area contributed by atoms with Crippen molar-refractivity contribution in [1.82, 2.24) is 9.78 Å². The van der Waals surface area contributed by atoms with Crippen LogP contribution in [0.2, 0.25) is 0 Å². The molecule has 0 unspecified atom stereocenters. The van der Waals surface area contributed by atoms with E-state index in [2.05, 4.69) is 21.0 Å². The number of hydrogen-bond acceptors (Lipinski definition) is 5. The van der Waals surface area contributed by atoms with Crippen molar-refractivity contribution in [2.75, 3.05) is 6.26 Å². The molecule has 1 N–H and O–H groups in total. The van der Waals surface area contributed by atoms with Gasteiger partial charge < -0.3 is 5.11 Å². The predicted molar refractivity (Wildman–Crippen MR) is 133 cm³/mol. The Morgan fingerprint density at radius 1 is 1.00 bits per heavy atom. The van der Waals surface area contributed by atoms with E-state index in [4.69, 9.17) is 0 Å². The van der Waals surface area contributed by atoms with Gasteiger partial charge in [0.05, 0.1) is 31.2 Å². The molecule has 0 fully saturated rings. The smallest absolute Gasteiger partial charge is 0.384 e. The van der Waals surface area contributed by atoms with Gasteiger partial charge in [0.2, 0.25) is 0 Å². The summed E-state index contributed by atoms with van der Waals surface area (Å²) in [6.45, 7) is 3.00. The summed E-state index contributed by atoms with van der Waals surface area (Å²) in [5.41, 5.74) is -1.30. The zero-order valence-electron chi connectivity index (χ0n) is 18.8. The fourth-order valence-electron chi connectivity index (χ4n) is 3.58. The summed E-state index contributed by atoms with van der Waals surface area (Å²) in [7, 11) is -3.41. The summed E-state index contributed by atoms with van der Waals surface area (Å²) in [5.74, 6) is 0. The minimum atomic E-state index is -4.62. The van der Waals surface area contributed by atoms with Gasteiger partial charge in [-0.15, -0.1) is 11.3 Å². The molecule has 0 saturated heterocycles. The number of alkyl halides is 3. The molecule has 4 aromatic rings. The first-order chi connectivity index (χ1) is 16.2. The van der Waals surface area contributed by atoms with Gasteiger partial charge in [0.15, 0.2) is 9.84 Å². The lowest BCUT2D eigenvalue weighted by Gasteiger charge is -2.15. The van der Waals surface area contributed by atoms with Crippen LogP contribution in [0.3, 0.4) is 0 Å². The van der Waals surface area contributed by atoms with Gasteiger partial charge in [0.1, 0.15) is 11.3 Å². The van der Waals surface area contributed by atoms with E-state index >= 15 is 0 Å². The first-order valence-corrected chi connectivity index (χ1v) is 13.8. The summed E-state index contributed by atoms with van der Waals surface area (Å²) in [6.07, 6.45) is -3.49. The van der Waals surface area contributed by atoms with Crippen LogP contribution in [0.15, 0.2) is 70.0 Å². The maximum Gasteiger partial charge on any atom is 0.418 e. The van der Waals surface area contributed by atoms with Crippen molar-refractivity contribution < 1.29 is 26.7 Å². The summed E-state index contributed by atoms with van der Waals surface area (Å²) < 4.78 is 66.9. The van der Waals surface area contributed by atoms with E-state index in [1.54, 1.807) is 30.3 Å². The Kier molecular flexibility index (Phi) is 6.50. The average Bonchev–Trinajstić information content (AvgIpc) is 3.37. The predicted octanol–water partition coefficient (Wildman–Crippen LogP) is 6.68. The van der Waals surface area contributed by atoms with Crippen LogP contribution in [0.25, 0.3) is 26.7 Å². The second-order valence-corrected chi connectivity index (χ2v) is 12.4. The van der Waals surface area contributed by atoms with E-state index in [0.717, 1.165) is 17.2 Å². The average molecular weight is 585 g/mol. The Morgan fingerprint density at radius 3 is 2.29 bits per heavy atom. The Labute approximate surface area is 212 Å². The van der Waals surface area contributed by atoms with E-state index in [-0.39, 0.29) is 16.3 Å². The van der Waals surface area contributed by atoms with E-state index in [0.29, 0.717) is 20.6 Å². The van der Waals surface area contributed by atoms with Crippen molar-refractivity contribution in [1.29, 1.82) is 0 Å². The molecule has 4 rings (SSSR count). The van der Waals surface area contributed by atoms with Crippen LogP contribution in [0.1, 0.15) is 25.1 Å². The maximum atomic E-state index is 13.8. The second kappa shape index (κ2) is 8.88. The molecule has 0 radical (unpaired) electrons. The molecule has 2 heterocycles. The van der Waals surface area contributed by atoms with Crippen LogP contribution in [-0.2, 0) is 21.6 Å². The minimum absolute atomic E-state index is 0.166. The number of halogens is 4. The van der Waals surface area contributed by atoms with E-state index < -0.39 is 27.2 Å². The third-order valence-electron chi connectivity index (χ3n) is 5.23. The van der Waals surface area contributed by atoms with E-state index in [1.807, 2.05) is 0 Å². The highest BCUT2D eigenvalue weighted by atomic mass is 79.9. The minimum Gasteiger partial charge on any atom is -0.384 e. The SMILES string of the molecule is CC(C)(O)c1nn(-c2ccccc2C(F)(F)F)c(-c2ccc(-c3cccc(S(C)(=O)=O)c3)s2)c1Br. The highest BCUT2D eigenvalue weighted by Gasteiger charge is 2.36. The molecule has 0 aliphatic heterocycles. The number of thiophene rings is 1. The van der Waals surface area contributed by atoms with Crippen molar-refractivity contribution in [2.24, 2.45) is 0 Å². The Bertz CT molecular complexity index is 1520. The lowest BCUT2D eigenvalue weighted by atomic mass is 10.1. The third-order valence-corrected chi connectivity index (χ3v) is 8.23. The molecule has 0 aliphatic rings. The number of para-hydroxylation sites is 1. The van der Waals surface area contributed by atoms with Gasteiger partial charge in [-0.1, -0.05) is 24.3 Å². The van der Waals surface area contributed by atoms with Gasteiger partial charge in [-0.2, -0.15) is 18.3 Å². The molecule has 2 aromatic carbocycles. The molecule has 0 aliphatic carbocycles. The fraction of sp³-hybridized carbons (Fsp3) is 0.208. The zero-order valence-corrected chi connectivity index (χ0v) is 22.0. The largest absolute Gasteiger partial charge is 0.418 e. The normalized spacial score (nSPS) is 12.8. The molecule has 11 heteroatoms. The van der Waals surface area contributed by atoms with Crippen molar-refractivity contribution in [3.63, 3.8) is 0 Å². The molecule has 2 aromatic heterocycles. The second-order valence-electron chi connectivity index (χ2n) is 8.46. The number of hydrogen-bond donors (Lipinski definition) is 1. The topological polar surface area (TPSA) is 72.2 Å².